The van der Waals surface area contributed by atoms with E-state index in [-0.39, 0.29) is 12.1 Å². The van der Waals surface area contributed by atoms with Crippen molar-refractivity contribution in [1.29, 1.82) is 0 Å². The second kappa shape index (κ2) is 4.12. The monoisotopic (exact) mass is 229 g/mol. The number of likely N-dealkylation sites (N-methyl/N-ethyl adjacent to an activating group) is 1. The van der Waals surface area contributed by atoms with Gasteiger partial charge in [-0.05, 0) is 25.8 Å². The number of nitrogens with zero attached hydrogens (tertiary/aromatic N) is 2. The highest BCUT2D eigenvalue weighted by Crippen LogP contribution is 2.40. The molecule has 4 nitrogen and oxygen atoms in total. The van der Waals surface area contributed by atoms with E-state index < -0.39 is 0 Å². The number of hydrogen-bond acceptors (Lipinski definition) is 3. The summed E-state index contributed by atoms with van der Waals surface area (Å²) in [4.78, 5) is 0. The number of rotatable bonds is 5. The quantitative estimate of drug-likeness (QED) is 0.789. The molecule has 1 heterocycles. The first-order valence-electron chi connectivity index (χ1n) is 5.18. The molecule has 0 saturated heterocycles. The minimum absolute atomic E-state index is 0.131. The zero-order valence-corrected chi connectivity index (χ0v) is 9.54. The van der Waals surface area contributed by atoms with Crippen LogP contribution < -0.4 is 5.32 Å². The second-order valence-electron chi connectivity index (χ2n) is 4.19. The van der Waals surface area contributed by atoms with Crippen molar-refractivity contribution >= 4 is 11.6 Å². The number of nitrogens with one attached hydrogen (secondary N) is 1. The van der Waals surface area contributed by atoms with Gasteiger partial charge in [0, 0.05) is 6.20 Å². The van der Waals surface area contributed by atoms with E-state index in [4.69, 9.17) is 11.6 Å². The fraction of sp³-hybridized carbons (Fsp3) is 0.700. The highest BCUT2D eigenvalue weighted by molar-refractivity contribution is 6.30. The van der Waals surface area contributed by atoms with Crippen LogP contribution in [0.15, 0.2) is 12.4 Å². The van der Waals surface area contributed by atoms with Crippen molar-refractivity contribution in [2.45, 2.75) is 24.9 Å². The molecule has 1 aromatic heterocycles. The molecule has 0 spiro atoms. The van der Waals surface area contributed by atoms with Gasteiger partial charge in [-0.3, -0.25) is 4.68 Å². The molecule has 1 saturated carbocycles. The van der Waals surface area contributed by atoms with Gasteiger partial charge in [-0.25, -0.2) is 0 Å². The van der Waals surface area contributed by atoms with E-state index in [9.17, 15) is 5.11 Å². The predicted molar refractivity (Wildman–Crippen MR) is 58.8 cm³/mol. The van der Waals surface area contributed by atoms with Crippen molar-refractivity contribution in [2.24, 2.45) is 5.92 Å². The van der Waals surface area contributed by atoms with Crippen LogP contribution in [0.25, 0.3) is 0 Å². The number of aliphatic hydroxyl groups is 1. The smallest absolute Gasteiger partial charge is 0.0785 e. The molecule has 84 valence electrons. The molecule has 15 heavy (non-hydrogen) atoms. The average Bonchev–Trinajstić information content (AvgIpc) is 3.01. The number of aromatic nitrogens is 2. The fourth-order valence-corrected chi connectivity index (χ4v) is 2.18. The lowest BCUT2D eigenvalue weighted by Crippen LogP contribution is -2.52. The molecule has 1 atom stereocenters. The van der Waals surface area contributed by atoms with Crippen LogP contribution in [0.4, 0.5) is 0 Å². The minimum Gasteiger partial charge on any atom is -0.394 e. The highest BCUT2D eigenvalue weighted by Gasteiger charge is 2.44. The molecule has 2 N–H and O–H groups in total. The molecule has 2 rings (SSSR count). The van der Waals surface area contributed by atoms with Gasteiger partial charge in [-0.2, -0.15) is 5.10 Å². The van der Waals surface area contributed by atoms with Crippen LogP contribution in [-0.4, -0.2) is 34.1 Å². The third kappa shape index (κ3) is 2.17. The minimum atomic E-state index is -0.241. The molecule has 1 aliphatic rings. The van der Waals surface area contributed by atoms with Gasteiger partial charge in [0.1, 0.15) is 0 Å². The SMILES string of the molecule is CNC(CO)(Cn1cc(Cl)cn1)C1CC1. The molecule has 1 fully saturated rings. The van der Waals surface area contributed by atoms with E-state index in [1.54, 1.807) is 17.1 Å². The molecule has 0 aromatic carbocycles. The predicted octanol–water partition coefficient (Wildman–Crippen LogP) is 0.897. The van der Waals surface area contributed by atoms with Gasteiger partial charge in [-0.15, -0.1) is 0 Å². The summed E-state index contributed by atoms with van der Waals surface area (Å²) < 4.78 is 1.79. The Morgan fingerprint density at radius 2 is 2.47 bits per heavy atom. The van der Waals surface area contributed by atoms with Gasteiger partial charge in [0.25, 0.3) is 0 Å². The molecule has 1 aliphatic carbocycles. The van der Waals surface area contributed by atoms with Crippen LogP contribution in [0.5, 0.6) is 0 Å². The largest absolute Gasteiger partial charge is 0.394 e. The molecular weight excluding hydrogens is 214 g/mol. The van der Waals surface area contributed by atoms with E-state index in [0.717, 1.165) is 0 Å². The van der Waals surface area contributed by atoms with E-state index in [1.165, 1.54) is 12.8 Å². The summed E-state index contributed by atoms with van der Waals surface area (Å²) in [5.74, 6) is 0.551. The molecule has 1 aromatic rings. The van der Waals surface area contributed by atoms with Crippen molar-refractivity contribution in [3.63, 3.8) is 0 Å². The average molecular weight is 230 g/mol. The van der Waals surface area contributed by atoms with Crippen LogP contribution in [0.2, 0.25) is 5.02 Å². The van der Waals surface area contributed by atoms with Crippen molar-refractivity contribution in [3.05, 3.63) is 17.4 Å². The Balaban J connectivity index is 2.12. The van der Waals surface area contributed by atoms with Crippen LogP contribution in [-0.2, 0) is 6.54 Å². The summed E-state index contributed by atoms with van der Waals surface area (Å²) in [5, 5.41) is 17.5. The lowest BCUT2D eigenvalue weighted by molar-refractivity contribution is 0.126. The van der Waals surface area contributed by atoms with Gasteiger partial charge in [0.05, 0.1) is 29.9 Å². The Kier molecular flexibility index (Phi) is 3.00. The Bertz CT molecular complexity index is 331. The summed E-state index contributed by atoms with van der Waals surface area (Å²) in [6, 6.07) is 0. The van der Waals surface area contributed by atoms with Gasteiger partial charge in [0.15, 0.2) is 0 Å². The van der Waals surface area contributed by atoms with E-state index in [2.05, 4.69) is 10.4 Å². The maximum atomic E-state index is 9.52. The first kappa shape index (κ1) is 10.9. The molecule has 1 unspecified atom stereocenters. The standard InChI is InChI=1S/C10H16ClN3O/c1-12-10(7-15,8-2-3-8)6-14-5-9(11)4-13-14/h4-5,8,12,15H,2-3,6-7H2,1H3. The van der Waals surface area contributed by atoms with E-state index in [0.29, 0.717) is 17.5 Å². The van der Waals surface area contributed by atoms with Crippen LogP contribution >= 0.6 is 11.6 Å². The molecule has 5 heteroatoms. The first-order valence-corrected chi connectivity index (χ1v) is 5.56. The van der Waals surface area contributed by atoms with E-state index in [1.807, 2.05) is 7.05 Å². The van der Waals surface area contributed by atoms with Crippen LogP contribution in [0.1, 0.15) is 12.8 Å². The first-order chi connectivity index (χ1) is 7.20. The van der Waals surface area contributed by atoms with Crippen LogP contribution in [0.3, 0.4) is 0 Å². The van der Waals surface area contributed by atoms with Crippen LogP contribution in [0, 0.1) is 5.92 Å². The third-order valence-corrected chi connectivity index (χ3v) is 3.38. The Morgan fingerprint density at radius 3 is 2.87 bits per heavy atom. The number of hydrogen-bond donors (Lipinski definition) is 2. The summed E-state index contributed by atoms with van der Waals surface area (Å²) in [5.41, 5.74) is -0.241. The highest BCUT2D eigenvalue weighted by atomic mass is 35.5. The van der Waals surface area contributed by atoms with Crippen molar-refractivity contribution in [1.82, 2.24) is 15.1 Å². The Hall–Kier alpha value is -0.580. The maximum absolute atomic E-state index is 9.52. The second-order valence-corrected chi connectivity index (χ2v) is 4.63. The lowest BCUT2D eigenvalue weighted by atomic mass is 9.94. The fourth-order valence-electron chi connectivity index (χ4n) is 2.02. The van der Waals surface area contributed by atoms with Gasteiger partial charge in [0.2, 0.25) is 0 Å². The van der Waals surface area contributed by atoms with Crippen molar-refractivity contribution < 1.29 is 5.11 Å². The summed E-state index contributed by atoms with van der Waals surface area (Å²) in [7, 11) is 1.89. The summed E-state index contributed by atoms with van der Waals surface area (Å²) >= 11 is 5.80. The van der Waals surface area contributed by atoms with Gasteiger partial charge in [-0.1, -0.05) is 11.6 Å². The zero-order chi connectivity index (χ0) is 10.9. The number of halogens is 1. The topological polar surface area (TPSA) is 50.1 Å². The van der Waals surface area contributed by atoms with E-state index >= 15 is 0 Å². The summed E-state index contributed by atoms with van der Waals surface area (Å²) in [6.07, 6.45) is 5.75. The summed E-state index contributed by atoms with van der Waals surface area (Å²) in [6.45, 7) is 0.795. The Morgan fingerprint density at radius 1 is 1.73 bits per heavy atom. The molecule has 0 aliphatic heterocycles. The molecule has 0 bridgehead atoms. The lowest BCUT2D eigenvalue weighted by Gasteiger charge is -2.31. The maximum Gasteiger partial charge on any atom is 0.0785 e. The zero-order valence-electron chi connectivity index (χ0n) is 8.78. The molecule has 0 radical (unpaired) electrons. The molecule has 0 amide bonds. The normalized spacial score (nSPS) is 20.2. The third-order valence-electron chi connectivity index (χ3n) is 3.18. The van der Waals surface area contributed by atoms with Crippen molar-refractivity contribution in [2.75, 3.05) is 13.7 Å². The number of aliphatic hydroxyl groups excluding tert-OH is 1. The van der Waals surface area contributed by atoms with Gasteiger partial charge >= 0.3 is 0 Å². The van der Waals surface area contributed by atoms with Crippen molar-refractivity contribution in [3.8, 4) is 0 Å². The van der Waals surface area contributed by atoms with Gasteiger partial charge < -0.3 is 10.4 Å². The Labute approximate surface area is 94.2 Å². The molecular formula is C10H16ClN3O.